The highest BCUT2D eigenvalue weighted by Crippen LogP contribution is 2.23. The summed E-state index contributed by atoms with van der Waals surface area (Å²) >= 11 is 1.58. The Kier molecular flexibility index (Phi) is 4.96. The number of carbonyl (C=O) groups is 1. The SMILES string of the molecule is COc1ccc([C@@H](NC(=O)Cc2cccs2)c2nccn2C)cc1. The third kappa shape index (κ3) is 3.65. The van der Waals surface area contributed by atoms with E-state index in [1.807, 2.05) is 59.6 Å². The first kappa shape index (κ1) is 16.3. The minimum absolute atomic E-state index is 0.0266. The van der Waals surface area contributed by atoms with Gasteiger partial charge < -0.3 is 14.6 Å². The van der Waals surface area contributed by atoms with Crippen molar-refractivity contribution in [2.75, 3.05) is 7.11 Å². The lowest BCUT2D eigenvalue weighted by molar-refractivity contribution is -0.120. The molecule has 124 valence electrons. The fourth-order valence-electron chi connectivity index (χ4n) is 2.53. The number of methoxy groups -OCH3 is 1. The molecule has 6 heteroatoms. The number of amides is 1. The van der Waals surface area contributed by atoms with Crippen molar-refractivity contribution in [1.82, 2.24) is 14.9 Å². The van der Waals surface area contributed by atoms with Crippen LogP contribution in [-0.2, 0) is 18.3 Å². The zero-order chi connectivity index (χ0) is 16.9. The number of imidazole rings is 1. The van der Waals surface area contributed by atoms with Crippen molar-refractivity contribution < 1.29 is 9.53 Å². The Morgan fingerprint density at radius 2 is 2.12 bits per heavy atom. The van der Waals surface area contributed by atoms with Crippen molar-refractivity contribution in [1.29, 1.82) is 0 Å². The highest BCUT2D eigenvalue weighted by Gasteiger charge is 2.21. The number of hydrogen-bond donors (Lipinski definition) is 1. The number of aryl methyl sites for hydroxylation is 1. The Morgan fingerprint density at radius 1 is 1.33 bits per heavy atom. The predicted octanol–water partition coefficient (Wildman–Crippen LogP) is 2.94. The van der Waals surface area contributed by atoms with Crippen molar-refractivity contribution in [2.45, 2.75) is 12.5 Å². The molecule has 0 radical (unpaired) electrons. The number of ether oxygens (including phenoxy) is 1. The molecule has 0 spiro atoms. The molecule has 0 saturated carbocycles. The molecule has 0 aliphatic carbocycles. The molecule has 0 aliphatic rings. The van der Waals surface area contributed by atoms with Crippen molar-refractivity contribution in [3.63, 3.8) is 0 Å². The maximum atomic E-state index is 12.5. The lowest BCUT2D eigenvalue weighted by Gasteiger charge is -2.19. The fraction of sp³-hybridized carbons (Fsp3) is 0.222. The summed E-state index contributed by atoms with van der Waals surface area (Å²) in [6.45, 7) is 0. The first-order valence-corrected chi connectivity index (χ1v) is 8.48. The lowest BCUT2D eigenvalue weighted by Crippen LogP contribution is -2.32. The van der Waals surface area contributed by atoms with Crippen LogP contribution in [0.4, 0.5) is 0 Å². The molecule has 0 aliphatic heterocycles. The third-order valence-corrected chi connectivity index (χ3v) is 4.66. The number of hydrogen-bond acceptors (Lipinski definition) is 4. The van der Waals surface area contributed by atoms with Gasteiger partial charge in [-0.25, -0.2) is 4.98 Å². The molecule has 3 rings (SSSR count). The second-order valence-corrected chi connectivity index (χ2v) is 6.46. The second kappa shape index (κ2) is 7.31. The monoisotopic (exact) mass is 341 g/mol. The van der Waals surface area contributed by atoms with E-state index in [0.29, 0.717) is 6.42 Å². The van der Waals surface area contributed by atoms with E-state index in [9.17, 15) is 4.79 Å². The van der Waals surface area contributed by atoms with Gasteiger partial charge in [0, 0.05) is 24.3 Å². The minimum atomic E-state index is -0.302. The Hall–Kier alpha value is -2.60. The normalized spacial score (nSPS) is 11.9. The van der Waals surface area contributed by atoms with Crippen LogP contribution in [0.3, 0.4) is 0 Å². The van der Waals surface area contributed by atoms with Crippen molar-refractivity contribution in [3.05, 3.63) is 70.4 Å². The maximum Gasteiger partial charge on any atom is 0.226 e. The van der Waals surface area contributed by atoms with Crippen LogP contribution >= 0.6 is 11.3 Å². The molecular formula is C18H19N3O2S. The first-order chi connectivity index (χ1) is 11.7. The van der Waals surface area contributed by atoms with Gasteiger partial charge >= 0.3 is 0 Å². The van der Waals surface area contributed by atoms with Gasteiger partial charge in [-0.1, -0.05) is 18.2 Å². The molecule has 1 atom stereocenters. The predicted molar refractivity (Wildman–Crippen MR) is 94.2 cm³/mol. The van der Waals surface area contributed by atoms with E-state index in [1.54, 1.807) is 24.6 Å². The number of benzene rings is 1. The van der Waals surface area contributed by atoms with Crippen LogP contribution in [0.25, 0.3) is 0 Å². The first-order valence-electron chi connectivity index (χ1n) is 7.60. The number of nitrogens with zero attached hydrogens (tertiary/aromatic N) is 2. The Balaban J connectivity index is 1.84. The Bertz CT molecular complexity index is 794. The summed E-state index contributed by atoms with van der Waals surface area (Å²) in [6.07, 6.45) is 3.98. The standard InChI is InChI=1S/C18H19N3O2S/c1-21-10-9-19-18(21)17(13-5-7-14(23-2)8-6-13)20-16(22)12-15-4-3-11-24-15/h3-11,17H,12H2,1-2H3,(H,20,22)/t17-/m1/s1. The van der Waals surface area contributed by atoms with Crippen LogP contribution in [0.5, 0.6) is 5.75 Å². The summed E-state index contributed by atoms with van der Waals surface area (Å²) < 4.78 is 7.12. The summed E-state index contributed by atoms with van der Waals surface area (Å²) in [5.41, 5.74) is 0.963. The van der Waals surface area contributed by atoms with E-state index < -0.39 is 0 Å². The van der Waals surface area contributed by atoms with Gasteiger partial charge in [0.25, 0.3) is 0 Å². The quantitative estimate of drug-likeness (QED) is 0.750. The van der Waals surface area contributed by atoms with E-state index in [1.165, 1.54) is 0 Å². The highest BCUT2D eigenvalue weighted by atomic mass is 32.1. The van der Waals surface area contributed by atoms with Gasteiger partial charge in [-0.2, -0.15) is 0 Å². The van der Waals surface area contributed by atoms with Crippen LogP contribution in [0.2, 0.25) is 0 Å². The topological polar surface area (TPSA) is 56.1 Å². The number of thiophene rings is 1. The number of nitrogens with one attached hydrogen (secondary N) is 1. The summed E-state index contributed by atoms with van der Waals surface area (Å²) in [7, 11) is 3.55. The van der Waals surface area contributed by atoms with E-state index in [-0.39, 0.29) is 11.9 Å². The van der Waals surface area contributed by atoms with Crippen LogP contribution < -0.4 is 10.1 Å². The zero-order valence-electron chi connectivity index (χ0n) is 13.6. The maximum absolute atomic E-state index is 12.5. The van der Waals surface area contributed by atoms with Crippen molar-refractivity contribution in [2.24, 2.45) is 7.05 Å². The smallest absolute Gasteiger partial charge is 0.226 e. The number of carbonyl (C=O) groups excluding carboxylic acids is 1. The van der Waals surface area contributed by atoms with Crippen LogP contribution in [0, 0.1) is 0 Å². The summed E-state index contributed by atoms with van der Waals surface area (Å²) in [5, 5.41) is 5.07. The largest absolute Gasteiger partial charge is 0.497 e. The third-order valence-electron chi connectivity index (χ3n) is 3.79. The van der Waals surface area contributed by atoms with E-state index >= 15 is 0 Å². The molecule has 5 nitrogen and oxygen atoms in total. The number of rotatable bonds is 6. The fourth-order valence-corrected chi connectivity index (χ4v) is 3.24. The molecule has 1 amide bonds. The molecular weight excluding hydrogens is 322 g/mol. The van der Waals surface area contributed by atoms with E-state index in [0.717, 1.165) is 22.0 Å². The van der Waals surface area contributed by atoms with E-state index in [2.05, 4.69) is 10.3 Å². The minimum Gasteiger partial charge on any atom is -0.497 e. The van der Waals surface area contributed by atoms with Gasteiger partial charge in [-0.3, -0.25) is 4.79 Å². The van der Waals surface area contributed by atoms with Crippen molar-refractivity contribution >= 4 is 17.2 Å². The molecule has 3 aromatic rings. The summed E-state index contributed by atoms with van der Waals surface area (Å²) in [4.78, 5) is 17.9. The lowest BCUT2D eigenvalue weighted by atomic mass is 10.1. The zero-order valence-corrected chi connectivity index (χ0v) is 14.4. The Morgan fingerprint density at radius 3 is 2.71 bits per heavy atom. The molecule has 24 heavy (non-hydrogen) atoms. The molecule has 0 fully saturated rings. The van der Waals surface area contributed by atoms with Gasteiger partial charge in [0.05, 0.1) is 13.5 Å². The highest BCUT2D eigenvalue weighted by molar-refractivity contribution is 7.10. The second-order valence-electron chi connectivity index (χ2n) is 5.43. The van der Waals surface area contributed by atoms with E-state index in [4.69, 9.17) is 4.74 Å². The van der Waals surface area contributed by atoms with Gasteiger partial charge in [0.1, 0.15) is 17.6 Å². The molecule has 1 aromatic carbocycles. The molecule has 2 aromatic heterocycles. The summed E-state index contributed by atoms with van der Waals surface area (Å²) in [5.74, 6) is 1.54. The molecule has 0 saturated heterocycles. The Labute approximate surface area is 144 Å². The molecule has 2 heterocycles. The molecule has 1 N–H and O–H groups in total. The van der Waals surface area contributed by atoms with Gasteiger partial charge in [0.15, 0.2) is 0 Å². The van der Waals surface area contributed by atoms with Crippen molar-refractivity contribution in [3.8, 4) is 5.75 Å². The van der Waals surface area contributed by atoms with Crippen LogP contribution in [-0.4, -0.2) is 22.6 Å². The van der Waals surface area contributed by atoms with Gasteiger partial charge in [-0.15, -0.1) is 11.3 Å². The molecule has 0 bridgehead atoms. The average molecular weight is 341 g/mol. The van der Waals surface area contributed by atoms with Crippen LogP contribution in [0.15, 0.2) is 54.2 Å². The van der Waals surface area contributed by atoms with Crippen LogP contribution in [0.1, 0.15) is 22.3 Å². The number of aromatic nitrogens is 2. The summed E-state index contributed by atoms with van der Waals surface area (Å²) in [6, 6.07) is 11.3. The van der Waals surface area contributed by atoms with Gasteiger partial charge in [-0.05, 0) is 29.1 Å². The van der Waals surface area contributed by atoms with Gasteiger partial charge in [0.2, 0.25) is 5.91 Å². The molecule has 0 unspecified atom stereocenters. The average Bonchev–Trinajstić information content (AvgIpc) is 3.24.